The number of benzene rings is 2. The summed E-state index contributed by atoms with van der Waals surface area (Å²) in [6.45, 7) is 0. The molecule has 0 saturated carbocycles. The number of carbonyl (C=O) groups excluding carboxylic acids is 2. The minimum atomic E-state index is -0.525. The highest BCUT2D eigenvalue weighted by atomic mass is 16.5. The van der Waals surface area contributed by atoms with E-state index in [0.29, 0.717) is 23.1 Å². The zero-order valence-corrected chi connectivity index (χ0v) is 12.5. The monoisotopic (exact) mass is 306 g/mol. The highest BCUT2D eigenvalue weighted by Crippen LogP contribution is 2.20. The first-order chi connectivity index (χ1) is 11.2. The van der Waals surface area contributed by atoms with Gasteiger partial charge in [-0.1, -0.05) is 42.2 Å². The van der Waals surface area contributed by atoms with Gasteiger partial charge in [-0.05, 0) is 23.8 Å². The van der Waals surface area contributed by atoms with Gasteiger partial charge in [-0.2, -0.15) is 0 Å². The van der Waals surface area contributed by atoms with Gasteiger partial charge in [0.15, 0.2) is 6.10 Å². The summed E-state index contributed by atoms with van der Waals surface area (Å²) in [5.74, 6) is 5.04. The van der Waals surface area contributed by atoms with Crippen molar-refractivity contribution in [2.45, 2.75) is 12.5 Å². The first-order valence-electron chi connectivity index (χ1n) is 7.17. The van der Waals surface area contributed by atoms with Gasteiger partial charge in [-0.15, -0.1) is 0 Å². The molecule has 0 spiro atoms. The Bertz CT molecular complexity index is 827. The Kier molecular flexibility index (Phi) is 4.11. The third kappa shape index (κ3) is 3.09. The summed E-state index contributed by atoms with van der Waals surface area (Å²) in [5, 5.41) is 0. The smallest absolute Gasteiger partial charge is 0.339 e. The van der Waals surface area contributed by atoms with Crippen LogP contribution in [-0.4, -0.2) is 25.2 Å². The standard InChI is InChI=1S/C19H14O4/c1-22-18(20)16-8-4-2-6-13(16)10-11-15-12-14-7-3-5-9-17(14)19(21)23-15/h2-9,15H,12H2,1H3. The minimum absolute atomic E-state index is 0.368. The Balaban J connectivity index is 1.87. The Hall–Kier alpha value is -3.06. The number of methoxy groups -OCH3 is 1. The molecular weight excluding hydrogens is 292 g/mol. The maximum atomic E-state index is 12.0. The zero-order valence-electron chi connectivity index (χ0n) is 12.5. The molecule has 114 valence electrons. The molecule has 1 aliphatic rings. The number of rotatable bonds is 1. The van der Waals surface area contributed by atoms with Crippen LogP contribution in [0.1, 0.15) is 31.8 Å². The maximum absolute atomic E-state index is 12.0. The van der Waals surface area contributed by atoms with Crippen LogP contribution in [0.2, 0.25) is 0 Å². The minimum Gasteiger partial charge on any atom is -0.465 e. The van der Waals surface area contributed by atoms with Gasteiger partial charge in [0, 0.05) is 12.0 Å². The van der Waals surface area contributed by atoms with Crippen molar-refractivity contribution in [2.24, 2.45) is 0 Å². The zero-order chi connectivity index (χ0) is 16.2. The molecule has 4 heteroatoms. The molecule has 0 saturated heterocycles. The number of ether oxygens (including phenoxy) is 2. The van der Waals surface area contributed by atoms with Crippen LogP contribution in [-0.2, 0) is 15.9 Å². The van der Waals surface area contributed by atoms with Crippen LogP contribution < -0.4 is 0 Å². The first kappa shape index (κ1) is 14.9. The molecule has 1 unspecified atom stereocenters. The molecule has 2 aromatic carbocycles. The Labute approximate surface area is 134 Å². The average Bonchev–Trinajstić information content (AvgIpc) is 2.59. The Morgan fingerprint density at radius 2 is 1.91 bits per heavy atom. The van der Waals surface area contributed by atoms with E-state index < -0.39 is 12.1 Å². The van der Waals surface area contributed by atoms with E-state index in [2.05, 4.69) is 11.8 Å². The predicted octanol–water partition coefficient (Wildman–Crippen LogP) is 2.61. The third-order valence-corrected chi connectivity index (χ3v) is 3.59. The molecule has 1 aliphatic heterocycles. The lowest BCUT2D eigenvalue weighted by Gasteiger charge is -2.20. The molecule has 0 radical (unpaired) electrons. The van der Waals surface area contributed by atoms with Crippen LogP contribution in [0.25, 0.3) is 0 Å². The summed E-state index contributed by atoms with van der Waals surface area (Å²) in [6, 6.07) is 14.2. The summed E-state index contributed by atoms with van der Waals surface area (Å²) in [6.07, 6.45) is 0.0121. The Morgan fingerprint density at radius 3 is 2.74 bits per heavy atom. The van der Waals surface area contributed by atoms with E-state index in [1.165, 1.54) is 7.11 Å². The maximum Gasteiger partial charge on any atom is 0.339 e. The Morgan fingerprint density at radius 1 is 1.17 bits per heavy atom. The summed E-state index contributed by atoms with van der Waals surface area (Å²) >= 11 is 0. The van der Waals surface area contributed by atoms with Crippen molar-refractivity contribution in [2.75, 3.05) is 7.11 Å². The number of hydrogen-bond acceptors (Lipinski definition) is 4. The van der Waals surface area contributed by atoms with Crippen LogP contribution in [0.3, 0.4) is 0 Å². The van der Waals surface area contributed by atoms with Crippen LogP contribution in [0.5, 0.6) is 0 Å². The van der Waals surface area contributed by atoms with Crippen molar-refractivity contribution in [1.29, 1.82) is 0 Å². The second-order valence-electron chi connectivity index (χ2n) is 5.06. The van der Waals surface area contributed by atoms with Gasteiger partial charge in [0.1, 0.15) is 0 Å². The molecule has 0 N–H and O–H groups in total. The van der Waals surface area contributed by atoms with Gasteiger partial charge in [0.05, 0.1) is 18.2 Å². The molecule has 0 fully saturated rings. The molecule has 0 amide bonds. The van der Waals surface area contributed by atoms with E-state index in [9.17, 15) is 9.59 Å². The van der Waals surface area contributed by atoms with Crippen molar-refractivity contribution in [3.8, 4) is 11.8 Å². The van der Waals surface area contributed by atoms with Crippen molar-refractivity contribution in [3.63, 3.8) is 0 Å². The molecule has 0 aromatic heterocycles. The van der Waals surface area contributed by atoms with Crippen molar-refractivity contribution >= 4 is 11.9 Å². The molecule has 1 atom stereocenters. The van der Waals surface area contributed by atoms with E-state index >= 15 is 0 Å². The van der Waals surface area contributed by atoms with Crippen LogP contribution in [0, 0.1) is 11.8 Å². The predicted molar refractivity (Wildman–Crippen MR) is 84.0 cm³/mol. The quantitative estimate of drug-likeness (QED) is 0.600. The van der Waals surface area contributed by atoms with Gasteiger partial charge >= 0.3 is 11.9 Å². The fourth-order valence-corrected chi connectivity index (χ4v) is 2.45. The second-order valence-corrected chi connectivity index (χ2v) is 5.06. The lowest BCUT2D eigenvalue weighted by molar-refractivity contribution is 0.0374. The summed E-state index contributed by atoms with van der Waals surface area (Å²) in [5.41, 5.74) is 2.45. The number of fused-ring (bicyclic) bond motifs is 1. The fourth-order valence-electron chi connectivity index (χ4n) is 2.45. The van der Waals surface area contributed by atoms with Gasteiger partial charge in [-0.25, -0.2) is 9.59 Å². The summed E-state index contributed by atoms with van der Waals surface area (Å²) < 4.78 is 10.1. The topological polar surface area (TPSA) is 52.6 Å². The van der Waals surface area contributed by atoms with Gasteiger partial charge in [0.25, 0.3) is 0 Å². The summed E-state index contributed by atoms with van der Waals surface area (Å²) in [7, 11) is 1.33. The number of carbonyl (C=O) groups is 2. The van der Waals surface area contributed by atoms with Crippen molar-refractivity contribution in [3.05, 3.63) is 70.8 Å². The van der Waals surface area contributed by atoms with Crippen LogP contribution in [0.15, 0.2) is 48.5 Å². The van der Waals surface area contributed by atoms with Crippen molar-refractivity contribution in [1.82, 2.24) is 0 Å². The van der Waals surface area contributed by atoms with Crippen LogP contribution in [0.4, 0.5) is 0 Å². The van der Waals surface area contributed by atoms with Crippen molar-refractivity contribution < 1.29 is 19.1 Å². The van der Waals surface area contributed by atoms with E-state index in [-0.39, 0.29) is 5.97 Å². The molecule has 3 rings (SSSR count). The summed E-state index contributed by atoms with van der Waals surface area (Å²) in [4.78, 5) is 23.7. The average molecular weight is 306 g/mol. The molecule has 2 aromatic rings. The largest absolute Gasteiger partial charge is 0.465 e. The molecule has 0 bridgehead atoms. The van der Waals surface area contributed by atoms with E-state index in [4.69, 9.17) is 9.47 Å². The lowest BCUT2D eigenvalue weighted by atomic mass is 9.98. The molecule has 4 nitrogen and oxygen atoms in total. The SMILES string of the molecule is COC(=O)c1ccccc1C#CC1Cc2ccccc2C(=O)O1. The highest BCUT2D eigenvalue weighted by molar-refractivity contribution is 5.93. The van der Waals surface area contributed by atoms with E-state index in [0.717, 1.165) is 5.56 Å². The van der Waals surface area contributed by atoms with Crippen LogP contribution >= 0.6 is 0 Å². The molecule has 23 heavy (non-hydrogen) atoms. The number of esters is 2. The number of hydrogen-bond donors (Lipinski definition) is 0. The normalized spacial score (nSPS) is 15.7. The molecular formula is C19H14O4. The van der Waals surface area contributed by atoms with Gasteiger partial charge in [-0.3, -0.25) is 0 Å². The highest BCUT2D eigenvalue weighted by Gasteiger charge is 2.24. The van der Waals surface area contributed by atoms with Gasteiger partial charge in [0.2, 0.25) is 0 Å². The van der Waals surface area contributed by atoms with E-state index in [1.807, 2.05) is 12.1 Å². The fraction of sp³-hybridized carbons (Fsp3) is 0.158. The van der Waals surface area contributed by atoms with E-state index in [1.54, 1.807) is 36.4 Å². The number of cyclic esters (lactones) is 1. The second kappa shape index (κ2) is 6.37. The molecule has 1 heterocycles. The molecule has 0 aliphatic carbocycles. The lowest BCUT2D eigenvalue weighted by Crippen LogP contribution is -2.26. The first-order valence-corrected chi connectivity index (χ1v) is 7.17. The van der Waals surface area contributed by atoms with Gasteiger partial charge < -0.3 is 9.47 Å². The third-order valence-electron chi connectivity index (χ3n) is 3.59.